The summed E-state index contributed by atoms with van der Waals surface area (Å²) >= 11 is 0. The van der Waals surface area contributed by atoms with Crippen molar-refractivity contribution in [3.8, 4) is 5.75 Å². The Morgan fingerprint density at radius 2 is 2.11 bits per heavy atom. The van der Waals surface area contributed by atoms with Crippen LogP contribution in [0.2, 0.25) is 0 Å². The normalized spacial score (nSPS) is 10.7. The van der Waals surface area contributed by atoms with E-state index in [4.69, 9.17) is 14.3 Å². The van der Waals surface area contributed by atoms with Gasteiger partial charge in [0.2, 0.25) is 5.76 Å². The van der Waals surface area contributed by atoms with Crippen LogP contribution >= 0.6 is 0 Å². The summed E-state index contributed by atoms with van der Waals surface area (Å²) < 4.78 is 10.2. The largest absolute Gasteiger partial charge is 0.497 e. The molecule has 1 aromatic heterocycles. The second kappa shape index (κ2) is 5.23. The number of hydrogen-bond donors (Lipinski definition) is 1. The van der Waals surface area contributed by atoms with E-state index in [2.05, 4.69) is 0 Å². The van der Waals surface area contributed by atoms with Crippen molar-refractivity contribution in [2.75, 3.05) is 7.11 Å². The highest BCUT2D eigenvalue weighted by molar-refractivity contribution is 5.84. The molecule has 0 unspecified atom stereocenters. The van der Waals surface area contributed by atoms with E-state index < -0.39 is 5.97 Å². The van der Waals surface area contributed by atoms with Crippen molar-refractivity contribution in [1.82, 2.24) is 0 Å². The minimum atomic E-state index is -1.07. The lowest BCUT2D eigenvalue weighted by Crippen LogP contribution is -1.91. The SMILES string of the molecule is COc1cccc(/C=C/c2ccc(C(=O)O)o2)c1. The molecule has 0 amide bonds. The molecule has 0 radical (unpaired) electrons. The first kappa shape index (κ1) is 12.0. The van der Waals surface area contributed by atoms with Crippen molar-refractivity contribution >= 4 is 18.1 Å². The van der Waals surface area contributed by atoms with Gasteiger partial charge < -0.3 is 14.3 Å². The molecular weight excluding hydrogens is 232 g/mol. The van der Waals surface area contributed by atoms with E-state index in [1.807, 2.05) is 30.3 Å². The van der Waals surface area contributed by atoms with Gasteiger partial charge >= 0.3 is 5.97 Å². The van der Waals surface area contributed by atoms with Crippen molar-refractivity contribution < 1.29 is 19.1 Å². The zero-order valence-electron chi connectivity index (χ0n) is 9.79. The van der Waals surface area contributed by atoms with Gasteiger partial charge in [0, 0.05) is 0 Å². The maximum Gasteiger partial charge on any atom is 0.371 e. The molecule has 18 heavy (non-hydrogen) atoms. The Morgan fingerprint density at radius 1 is 1.28 bits per heavy atom. The summed E-state index contributed by atoms with van der Waals surface area (Å²) in [4.78, 5) is 10.6. The number of carboxylic acid groups (broad SMARTS) is 1. The summed E-state index contributed by atoms with van der Waals surface area (Å²) in [5.74, 6) is 0.120. The molecule has 0 aliphatic rings. The fraction of sp³-hybridized carbons (Fsp3) is 0.0714. The molecule has 0 aliphatic carbocycles. The molecule has 92 valence electrons. The molecule has 0 aliphatic heterocycles. The second-order valence-corrected chi connectivity index (χ2v) is 3.62. The molecule has 0 atom stereocenters. The number of benzene rings is 1. The third kappa shape index (κ3) is 2.79. The van der Waals surface area contributed by atoms with E-state index in [1.54, 1.807) is 19.3 Å². The van der Waals surface area contributed by atoms with Crippen LogP contribution in [0.3, 0.4) is 0 Å². The van der Waals surface area contributed by atoms with E-state index >= 15 is 0 Å². The number of carbonyl (C=O) groups is 1. The fourth-order valence-corrected chi connectivity index (χ4v) is 1.48. The molecule has 0 spiro atoms. The summed E-state index contributed by atoms with van der Waals surface area (Å²) in [5.41, 5.74) is 0.947. The van der Waals surface area contributed by atoms with Crippen LogP contribution in [0.25, 0.3) is 12.2 Å². The fourth-order valence-electron chi connectivity index (χ4n) is 1.48. The number of carboxylic acids is 1. The van der Waals surface area contributed by atoms with Crippen molar-refractivity contribution in [2.45, 2.75) is 0 Å². The van der Waals surface area contributed by atoms with E-state index in [-0.39, 0.29) is 5.76 Å². The summed E-state index contributed by atoms with van der Waals surface area (Å²) in [6, 6.07) is 10.6. The molecule has 4 nitrogen and oxygen atoms in total. The van der Waals surface area contributed by atoms with Gasteiger partial charge in [-0.25, -0.2) is 4.79 Å². The number of aromatic carboxylic acids is 1. The Kier molecular flexibility index (Phi) is 3.48. The Bertz CT molecular complexity index is 581. The molecule has 0 saturated carbocycles. The summed E-state index contributed by atoms with van der Waals surface area (Å²) in [5, 5.41) is 8.72. The van der Waals surface area contributed by atoms with Gasteiger partial charge in [-0.2, -0.15) is 0 Å². The standard InChI is InChI=1S/C14H12O4/c1-17-12-4-2-3-10(9-12)5-6-11-7-8-13(18-11)14(15)16/h2-9H,1H3,(H,15,16)/b6-5+. The van der Waals surface area contributed by atoms with Crippen LogP contribution in [0.4, 0.5) is 0 Å². The highest BCUT2D eigenvalue weighted by atomic mass is 16.5. The van der Waals surface area contributed by atoms with E-state index in [1.165, 1.54) is 6.07 Å². The number of hydrogen-bond acceptors (Lipinski definition) is 3. The topological polar surface area (TPSA) is 59.7 Å². The van der Waals surface area contributed by atoms with Crippen molar-refractivity contribution in [3.05, 3.63) is 53.5 Å². The third-order valence-corrected chi connectivity index (χ3v) is 2.37. The van der Waals surface area contributed by atoms with Crippen LogP contribution < -0.4 is 4.74 Å². The maximum atomic E-state index is 10.6. The van der Waals surface area contributed by atoms with Crippen LogP contribution in [0.1, 0.15) is 21.9 Å². The Hall–Kier alpha value is -2.49. The van der Waals surface area contributed by atoms with E-state index in [9.17, 15) is 4.79 Å². The van der Waals surface area contributed by atoms with Crippen molar-refractivity contribution in [2.24, 2.45) is 0 Å². The molecule has 0 saturated heterocycles. The maximum absolute atomic E-state index is 10.6. The molecular formula is C14H12O4. The summed E-state index contributed by atoms with van der Waals surface area (Å²) in [6.45, 7) is 0. The highest BCUT2D eigenvalue weighted by Crippen LogP contribution is 2.16. The monoisotopic (exact) mass is 244 g/mol. The van der Waals surface area contributed by atoms with Crippen LogP contribution in [0, 0.1) is 0 Å². The molecule has 1 N–H and O–H groups in total. The first-order valence-corrected chi connectivity index (χ1v) is 5.34. The van der Waals surface area contributed by atoms with Crippen LogP contribution in [0.15, 0.2) is 40.8 Å². The van der Waals surface area contributed by atoms with Gasteiger partial charge in [0.05, 0.1) is 7.11 Å². The number of ether oxygens (including phenoxy) is 1. The van der Waals surface area contributed by atoms with Crippen LogP contribution in [0.5, 0.6) is 5.75 Å². The smallest absolute Gasteiger partial charge is 0.371 e. The van der Waals surface area contributed by atoms with Crippen LogP contribution in [-0.4, -0.2) is 18.2 Å². The predicted octanol–water partition coefficient (Wildman–Crippen LogP) is 3.16. The first-order chi connectivity index (χ1) is 8.69. The van der Waals surface area contributed by atoms with E-state index in [0.29, 0.717) is 5.76 Å². The zero-order chi connectivity index (χ0) is 13.0. The molecule has 0 bridgehead atoms. The number of methoxy groups -OCH3 is 1. The lowest BCUT2D eigenvalue weighted by molar-refractivity contribution is 0.0662. The van der Waals surface area contributed by atoms with Gasteiger partial charge in [0.1, 0.15) is 11.5 Å². The molecule has 1 heterocycles. The van der Waals surface area contributed by atoms with Gasteiger partial charge in [0.25, 0.3) is 0 Å². The highest BCUT2D eigenvalue weighted by Gasteiger charge is 2.06. The van der Waals surface area contributed by atoms with Crippen LogP contribution in [-0.2, 0) is 0 Å². The Morgan fingerprint density at radius 3 is 2.78 bits per heavy atom. The Balaban J connectivity index is 2.16. The zero-order valence-corrected chi connectivity index (χ0v) is 9.79. The summed E-state index contributed by atoms with van der Waals surface area (Å²) in [7, 11) is 1.61. The number of rotatable bonds is 4. The molecule has 1 aromatic carbocycles. The summed E-state index contributed by atoms with van der Waals surface area (Å²) in [6.07, 6.45) is 3.54. The molecule has 2 aromatic rings. The average molecular weight is 244 g/mol. The molecule has 2 rings (SSSR count). The second-order valence-electron chi connectivity index (χ2n) is 3.62. The molecule has 0 fully saturated rings. The minimum Gasteiger partial charge on any atom is -0.497 e. The van der Waals surface area contributed by atoms with Crippen molar-refractivity contribution in [1.29, 1.82) is 0 Å². The predicted molar refractivity (Wildman–Crippen MR) is 67.6 cm³/mol. The van der Waals surface area contributed by atoms with Gasteiger partial charge in [-0.3, -0.25) is 0 Å². The quantitative estimate of drug-likeness (QED) is 0.897. The van der Waals surface area contributed by atoms with E-state index in [0.717, 1.165) is 11.3 Å². The van der Waals surface area contributed by atoms with Crippen molar-refractivity contribution in [3.63, 3.8) is 0 Å². The Labute approximate surface area is 104 Å². The van der Waals surface area contributed by atoms with Gasteiger partial charge in [-0.15, -0.1) is 0 Å². The lowest BCUT2D eigenvalue weighted by atomic mass is 10.2. The third-order valence-electron chi connectivity index (χ3n) is 2.37. The van der Waals surface area contributed by atoms with Gasteiger partial charge in [0.15, 0.2) is 0 Å². The van der Waals surface area contributed by atoms with Gasteiger partial charge in [-0.05, 0) is 35.9 Å². The van der Waals surface area contributed by atoms with Gasteiger partial charge in [-0.1, -0.05) is 18.2 Å². The lowest BCUT2D eigenvalue weighted by Gasteiger charge is -1.99. The molecule has 4 heteroatoms. The number of furan rings is 1. The minimum absolute atomic E-state index is 0.0692. The first-order valence-electron chi connectivity index (χ1n) is 5.34. The average Bonchev–Trinajstić information content (AvgIpc) is 2.85.